The Balaban J connectivity index is 2.10. The molecule has 0 spiro atoms. The molecule has 0 bridgehead atoms. The number of aliphatic hydroxyl groups excluding tert-OH is 1. The minimum Gasteiger partial charge on any atom is -0.394 e. The van der Waals surface area contributed by atoms with E-state index >= 15 is 0 Å². The zero-order valence-corrected chi connectivity index (χ0v) is 13.5. The summed E-state index contributed by atoms with van der Waals surface area (Å²) in [5.41, 5.74) is 5.85. The Morgan fingerprint density at radius 1 is 1.27 bits per heavy atom. The molecule has 22 heavy (non-hydrogen) atoms. The summed E-state index contributed by atoms with van der Waals surface area (Å²) < 4.78 is 0. The smallest absolute Gasteiger partial charge is 0.0688 e. The van der Waals surface area contributed by atoms with E-state index in [4.69, 9.17) is 0 Å². The van der Waals surface area contributed by atoms with Gasteiger partial charge in [-0.05, 0) is 44.1 Å². The Bertz CT molecular complexity index is 660. The van der Waals surface area contributed by atoms with Crippen LogP contribution in [0.4, 0.5) is 0 Å². The van der Waals surface area contributed by atoms with Crippen LogP contribution in [0.1, 0.15) is 31.4 Å². The van der Waals surface area contributed by atoms with E-state index in [1.165, 1.54) is 11.3 Å². The van der Waals surface area contributed by atoms with Crippen LogP contribution in [-0.2, 0) is 0 Å². The van der Waals surface area contributed by atoms with Gasteiger partial charge in [0, 0.05) is 29.2 Å². The molecule has 0 aliphatic carbocycles. The summed E-state index contributed by atoms with van der Waals surface area (Å²) in [4.78, 5) is 4.33. The molecule has 4 heteroatoms. The van der Waals surface area contributed by atoms with Crippen molar-refractivity contribution in [2.24, 2.45) is 0 Å². The second-order valence-corrected chi connectivity index (χ2v) is 5.86. The monoisotopic (exact) mass is 297 g/mol. The summed E-state index contributed by atoms with van der Waals surface area (Å²) in [5.74, 6) is 0. The second kappa shape index (κ2) is 5.97. The third kappa shape index (κ3) is 2.44. The summed E-state index contributed by atoms with van der Waals surface area (Å²) in [6, 6.07) is 2.52. The van der Waals surface area contributed by atoms with Crippen LogP contribution in [0, 0.1) is 6.92 Å². The normalized spacial score (nSPS) is 20.5. The molecule has 3 rings (SSSR count). The summed E-state index contributed by atoms with van der Waals surface area (Å²) >= 11 is 0. The highest BCUT2D eigenvalue weighted by atomic mass is 16.3. The molecule has 2 aliphatic heterocycles. The fourth-order valence-electron chi connectivity index (χ4n) is 3.21. The van der Waals surface area contributed by atoms with Crippen LogP contribution in [0.3, 0.4) is 0 Å². The van der Waals surface area contributed by atoms with Gasteiger partial charge in [-0.1, -0.05) is 13.0 Å². The van der Waals surface area contributed by atoms with Crippen LogP contribution in [0.25, 0.3) is 5.57 Å². The van der Waals surface area contributed by atoms with E-state index < -0.39 is 0 Å². The Labute approximate surface area is 132 Å². The summed E-state index contributed by atoms with van der Waals surface area (Å²) in [6.45, 7) is 7.11. The van der Waals surface area contributed by atoms with E-state index in [2.05, 4.69) is 60.1 Å². The number of β-amino-alcohol motifs (C(OH)–C–C–N with tert-alkyl or cyclic N) is 1. The number of aryl methyl sites for hydroxylation is 1. The van der Waals surface area contributed by atoms with Crippen molar-refractivity contribution < 1.29 is 5.11 Å². The fraction of sp³-hybridized carbons (Fsp3) is 0.389. The van der Waals surface area contributed by atoms with Gasteiger partial charge in [-0.2, -0.15) is 0 Å². The van der Waals surface area contributed by atoms with Crippen molar-refractivity contribution in [3.05, 3.63) is 59.2 Å². The van der Waals surface area contributed by atoms with Gasteiger partial charge in [0.1, 0.15) is 0 Å². The third-order valence-electron chi connectivity index (χ3n) is 4.25. The summed E-state index contributed by atoms with van der Waals surface area (Å²) in [7, 11) is 0. The molecular weight excluding hydrogens is 274 g/mol. The van der Waals surface area contributed by atoms with Crippen LogP contribution in [0.2, 0.25) is 0 Å². The van der Waals surface area contributed by atoms with Crippen molar-refractivity contribution in [3.8, 4) is 0 Å². The first-order valence-corrected chi connectivity index (χ1v) is 7.86. The molecule has 0 saturated heterocycles. The van der Waals surface area contributed by atoms with Crippen LogP contribution < -0.4 is 0 Å². The average molecular weight is 297 g/mol. The first-order valence-electron chi connectivity index (χ1n) is 7.86. The van der Waals surface area contributed by atoms with Gasteiger partial charge in [0.05, 0.1) is 24.9 Å². The molecule has 0 fully saturated rings. The number of aromatic nitrogens is 1. The van der Waals surface area contributed by atoms with E-state index in [9.17, 15) is 5.11 Å². The summed E-state index contributed by atoms with van der Waals surface area (Å²) in [6.07, 6.45) is 11.5. The van der Waals surface area contributed by atoms with Crippen molar-refractivity contribution in [2.45, 2.75) is 33.2 Å². The number of pyridine rings is 1. The zero-order chi connectivity index (χ0) is 15.7. The van der Waals surface area contributed by atoms with E-state index in [0.717, 1.165) is 23.2 Å². The molecule has 0 saturated carbocycles. The lowest BCUT2D eigenvalue weighted by Gasteiger charge is -2.43. The molecule has 1 N–H and O–H groups in total. The Hall–Kier alpha value is -2.07. The van der Waals surface area contributed by atoms with E-state index in [-0.39, 0.29) is 6.61 Å². The molecular formula is C18H23N3O. The highest BCUT2D eigenvalue weighted by molar-refractivity contribution is 5.80. The molecule has 0 amide bonds. The number of rotatable bonds is 4. The maximum atomic E-state index is 9.39. The van der Waals surface area contributed by atoms with E-state index in [1.54, 1.807) is 0 Å². The van der Waals surface area contributed by atoms with Crippen molar-refractivity contribution in [1.82, 2.24) is 15.0 Å². The van der Waals surface area contributed by atoms with Crippen molar-refractivity contribution in [3.63, 3.8) is 0 Å². The minimum atomic E-state index is 0.146. The van der Waals surface area contributed by atoms with Crippen LogP contribution in [0.5, 0.6) is 0 Å². The largest absolute Gasteiger partial charge is 0.394 e. The lowest BCUT2D eigenvalue weighted by Crippen LogP contribution is -2.46. The molecule has 0 aromatic carbocycles. The maximum Gasteiger partial charge on any atom is 0.0688 e. The Morgan fingerprint density at radius 3 is 2.77 bits per heavy atom. The van der Waals surface area contributed by atoms with E-state index in [1.807, 2.05) is 12.4 Å². The molecule has 1 aromatic rings. The topological polar surface area (TPSA) is 39.6 Å². The van der Waals surface area contributed by atoms with Crippen LogP contribution in [0.15, 0.2) is 48.1 Å². The predicted molar refractivity (Wildman–Crippen MR) is 88.5 cm³/mol. The first kappa shape index (κ1) is 14.9. The number of hydrogen-bond acceptors (Lipinski definition) is 4. The average Bonchev–Trinajstić information content (AvgIpc) is 2.93. The molecule has 2 aliphatic rings. The van der Waals surface area contributed by atoms with Gasteiger partial charge in [-0.25, -0.2) is 0 Å². The van der Waals surface area contributed by atoms with Gasteiger partial charge in [-0.15, -0.1) is 0 Å². The fourth-order valence-corrected chi connectivity index (χ4v) is 3.21. The number of fused-ring (bicyclic) bond motifs is 1. The third-order valence-corrected chi connectivity index (χ3v) is 4.25. The lowest BCUT2D eigenvalue weighted by atomic mass is 10.0. The van der Waals surface area contributed by atoms with Crippen LogP contribution >= 0.6 is 0 Å². The standard InChI is InChI=1S/C18H23N3O/c1-4-16-5-6-18-17(15-9-13(2)11-19-12-15)10-14(3)20(7-8-22)21(16)18/h5-6,9-12,16,22H,4,7-8H2,1-3H3. The number of nitrogens with zero attached hydrogens (tertiary/aromatic N) is 3. The lowest BCUT2D eigenvalue weighted by molar-refractivity contribution is 0.0144. The number of allylic oxidation sites excluding steroid dienone is 4. The van der Waals surface area contributed by atoms with Gasteiger partial charge in [-0.3, -0.25) is 15.0 Å². The molecule has 116 valence electrons. The molecule has 1 aromatic heterocycles. The van der Waals surface area contributed by atoms with Crippen LogP contribution in [-0.4, -0.2) is 39.3 Å². The van der Waals surface area contributed by atoms with E-state index in [0.29, 0.717) is 12.6 Å². The van der Waals surface area contributed by atoms with Gasteiger partial charge in [0.25, 0.3) is 0 Å². The number of aliphatic hydroxyl groups is 1. The highest BCUT2D eigenvalue weighted by Gasteiger charge is 2.32. The quantitative estimate of drug-likeness (QED) is 0.927. The summed E-state index contributed by atoms with van der Waals surface area (Å²) in [5, 5.41) is 13.9. The minimum absolute atomic E-state index is 0.146. The van der Waals surface area contributed by atoms with Crippen molar-refractivity contribution in [1.29, 1.82) is 0 Å². The molecule has 1 atom stereocenters. The Morgan fingerprint density at radius 2 is 2.09 bits per heavy atom. The first-order chi connectivity index (χ1) is 10.7. The second-order valence-electron chi connectivity index (χ2n) is 5.86. The zero-order valence-electron chi connectivity index (χ0n) is 13.5. The molecule has 1 unspecified atom stereocenters. The Kier molecular flexibility index (Phi) is 4.03. The van der Waals surface area contributed by atoms with Gasteiger partial charge in [0.15, 0.2) is 0 Å². The predicted octanol–water partition coefficient (Wildman–Crippen LogP) is 2.88. The number of hydrazine groups is 1. The highest BCUT2D eigenvalue weighted by Crippen LogP contribution is 2.37. The number of hydrogen-bond donors (Lipinski definition) is 1. The van der Waals surface area contributed by atoms with Gasteiger partial charge >= 0.3 is 0 Å². The van der Waals surface area contributed by atoms with Gasteiger partial charge in [0.2, 0.25) is 0 Å². The van der Waals surface area contributed by atoms with Gasteiger partial charge < -0.3 is 5.11 Å². The SMILES string of the molecule is CCC1C=CC2=C(c3cncc(C)c3)C=C(C)N(CCO)N21. The molecule has 3 heterocycles. The van der Waals surface area contributed by atoms with Crippen molar-refractivity contribution >= 4 is 5.57 Å². The molecule has 0 radical (unpaired) electrons. The molecule has 4 nitrogen and oxygen atoms in total. The van der Waals surface area contributed by atoms with Crippen molar-refractivity contribution in [2.75, 3.05) is 13.2 Å². The maximum absolute atomic E-state index is 9.39.